The maximum Gasteiger partial charge on any atom is 0.302 e. The molecule has 2 aliphatic carbocycles. The monoisotopic (exact) mass is 420 g/mol. The third-order valence-electron chi connectivity index (χ3n) is 6.95. The van der Waals surface area contributed by atoms with E-state index < -0.39 is 70.2 Å². The van der Waals surface area contributed by atoms with E-state index in [0.29, 0.717) is 6.42 Å². The van der Waals surface area contributed by atoms with E-state index in [1.54, 1.807) is 20.8 Å². The van der Waals surface area contributed by atoms with Crippen LogP contribution < -0.4 is 0 Å². The molecule has 1 fully saturated rings. The van der Waals surface area contributed by atoms with Gasteiger partial charge in [-0.2, -0.15) is 0 Å². The van der Waals surface area contributed by atoms with Crippen molar-refractivity contribution in [2.24, 2.45) is 11.3 Å². The van der Waals surface area contributed by atoms with Crippen LogP contribution in [0.3, 0.4) is 0 Å². The molecular formula is C22H28O8. The SMILES string of the molecule is CC(=O)O[C@@H]1CC[C@]2(C)c3c(O)c(O)c([C@@H](C)CO)c(O)c3C(=O)C(=O)[C@H]2C1(C)C. The largest absolute Gasteiger partial charge is 0.507 e. The van der Waals surface area contributed by atoms with Crippen LogP contribution in [0.4, 0.5) is 0 Å². The first-order chi connectivity index (χ1) is 13.8. The normalized spacial score (nSPS) is 28.5. The fourth-order valence-corrected chi connectivity index (χ4v) is 5.58. The minimum atomic E-state index is -1.08. The van der Waals surface area contributed by atoms with Gasteiger partial charge in [-0.25, -0.2) is 0 Å². The van der Waals surface area contributed by atoms with Gasteiger partial charge in [0.1, 0.15) is 11.9 Å². The van der Waals surface area contributed by atoms with E-state index in [1.807, 2.05) is 0 Å². The molecule has 0 bridgehead atoms. The zero-order chi connectivity index (χ0) is 22.8. The number of benzene rings is 1. The summed E-state index contributed by atoms with van der Waals surface area (Å²) in [7, 11) is 0. The average Bonchev–Trinajstić information content (AvgIpc) is 2.64. The highest BCUT2D eigenvalue weighted by Crippen LogP contribution is 2.61. The summed E-state index contributed by atoms with van der Waals surface area (Å²) in [6, 6.07) is 0. The number of aliphatic hydroxyl groups excluding tert-OH is 1. The number of phenolic OH excluding ortho intramolecular Hbond substituents is 3. The van der Waals surface area contributed by atoms with Crippen molar-refractivity contribution in [2.45, 2.75) is 64.9 Å². The van der Waals surface area contributed by atoms with Crippen molar-refractivity contribution in [1.29, 1.82) is 0 Å². The van der Waals surface area contributed by atoms with Crippen LogP contribution in [-0.4, -0.2) is 50.7 Å². The quantitative estimate of drug-likeness (QED) is 0.253. The molecule has 4 atom stereocenters. The van der Waals surface area contributed by atoms with Crippen LogP contribution >= 0.6 is 0 Å². The lowest BCUT2D eigenvalue weighted by Crippen LogP contribution is -2.60. The Bertz CT molecular complexity index is 947. The molecule has 0 unspecified atom stereocenters. The van der Waals surface area contributed by atoms with Crippen molar-refractivity contribution in [3.8, 4) is 17.2 Å². The van der Waals surface area contributed by atoms with Crippen LogP contribution in [0.1, 0.15) is 74.9 Å². The molecule has 0 aliphatic heterocycles. The van der Waals surface area contributed by atoms with Gasteiger partial charge in [0.05, 0.1) is 5.56 Å². The Morgan fingerprint density at radius 3 is 2.27 bits per heavy atom. The number of Topliss-reactive ketones (excluding diaryl/α,β-unsaturated/α-hetero) is 2. The molecule has 0 amide bonds. The van der Waals surface area contributed by atoms with Gasteiger partial charge in [0.2, 0.25) is 11.6 Å². The van der Waals surface area contributed by atoms with Crippen molar-refractivity contribution in [1.82, 2.24) is 0 Å². The number of hydrogen-bond acceptors (Lipinski definition) is 8. The molecule has 164 valence electrons. The highest BCUT2D eigenvalue weighted by Gasteiger charge is 2.62. The first-order valence-electron chi connectivity index (χ1n) is 9.98. The molecule has 30 heavy (non-hydrogen) atoms. The molecule has 0 radical (unpaired) electrons. The lowest BCUT2D eigenvalue weighted by molar-refractivity contribution is -0.166. The van der Waals surface area contributed by atoms with E-state index in [0.717, 1.165) is 0 Å². The summed E-state index contributed by atoms with van der Waals surface area (Å²) in [4.78, 5) is 37.9. The first-order valence-corrected chi connectivity index (χ1v) is 9.98. The van der Waals surface area contributed by atoms with Crippen molar-refractivity contribution < 1.29 is 39.5 Å². The number of aliphatic hydroxyl groups is 1. The van der Waals surface area contributed by atoms with Crippen LogP contribution in [0.2, 0.25) is 0 Å². The number of carbonyl (C=O) groups is 3. The first kappa shape index (κ1) is 22.1. The molecule has 0 heterocycles. The maximum atomic E-state index is 13.3. The molecule has 1 aromatic carbocycles. The molecule has 0 aromatic heterocycles. The van der Waals surface area contributed by atoms with Gasteiger partial charge in [0.15, 0.2) is 11.5 Å². The summed E-state index contributed by atoms with van der Waals surface area (Å²) < 4.78 is 5.42. The second-order valence-electron chi connectivity index (χ2n) is 9.30. The zero-order valence-corrected chi connectivity index (χ0v) is 17.8. The Hall–Kier alpha value is -2.61. The van der Waals surface area contributed by atoms with Gasteiger partial charge >= 0.3 is 5.97 Å². The number of rotatable bonds is 3. The number of phenols is 3. The summed E-state index contributed by atoms with van der Waals surface area (Å²) in [5.74, 6) is -5.70. The highest BCUT2D eigenvalue weighted by atomic mass is 16.5. The van der Waals surface area contributed by atoms with Gasteiger partial charge in [-0.15, -0.1) is 0 Å². The van der Waals surface area contributed by atoms with Gasteiger partial charge in [0, 0.05) is 47.3 Å². The summed E-state index contributed by atoms with van der Waals surface area (Å²) in [6.07, 6.45) is 0.0484. The maximum absolute atomic E-state index is 13.3. The zero-order valence-electron chi connectivity index (χ0n) is 17.8. The number of esters is 1. The van der Waals surface area contributed by atoms with E-state index in [9.17, 15) is 34.8 Å². The molecule has 8 heteroatoms. The highest BCUT2D eigenvalue weighted by molar-refractivity contribution is 6.47. The standard InChI is InChI=1S/C22H28O8/c1-9(8-23)12-15(25)13-14(18(28)16(12)26)22(5)7-6-11(30-10(2)24)21(3,4)20(22)19(29)17(13)27/h9,11,20,23,25-26,28H,6-8H2,1-5H3/t9-,11+,20-,22+/m0/s1. The Kier molecular flexibility index (Phi) is 5.13. The van der Waals surface area contributed by atoms with Crippen LogP contribution in [0.25, 0.3) is 0 Å². The third kappa shape index (κ3) is 2.80. The van der Waals surface area contributed by atoms with Crippen LogP contribution in [0, 0.1) is 11.3 Å². The van der Waals surface area contributed by atoms with E-state index in [1.165, 1.54) is 13.8 Å². The molecule has 1 saturated carbocycles. The van der Waals surface area contributed by atoms with Gasteiger partial charge in [-0.05, 0) is 12.8 Å². The molecule has 0 saturated heterocycles. The fraction of sp³-hybridized carbons (Fsp3) is 0.591. The predicted octanol–water partition coefficient (Wildman–Crippen LogP) is 2.29. The van der Waals surface area contributed by atoms with Crippen molar-refractivity contribution >= 4 is 17.5 Å². The lowest BCUT2D eigenvalue weighted by Gasteiger charge is -2.55. The van der Waals surface area contributed by atoms with Crippen molar-refractivity contribution in [3.63, 3.8) is 0 Å². The second kappa shape index (κ2) is 6.97. The molecule has 8 nitrogen and oxygen atoms in total. The number of ketones is 2. The molecule has 4 N–H and O–H groups in total. The topological polar surface area (TPSA) is 141 Å². The third-order valence-corrected chi connectivity index (χ3v) is 6.95. The summed E-state index contributed by atoms with van der Waals surface area (Å²) in [5.41, 5.74) is -2.50. The van der Waals surface area contributed by atoms with E-state index in [2.05, 4.69) is 0 Å². The van der Waals surface area contributed by atoms with Crippen LogP contribution in [0.15, 0.2) is 0 Å². The number of carbonyl (C=O) groups excluding carboxylic acids is 3. The summed E-state index contributed by atoms with van der Waals surface area (Å²) >= 11 is 0. The van der Waals surface area contributed by atoms with Crippen molar-refractivity contribution in [2.75, 3.05) is 6.61 Å². The van der Waals surface area contributed by atoms with E-state index in [4.69, 9.17) is 4.74 Å². The van der Waals surface area contributed by atoms with Gasteiger partial charge in [0.25, 0.3) is 0 Å². The lowest BCUT2D eigenvalue weighted by atomic mass is 9.48. The molecule has 1 aromatic rings. The Labute approximate surface area is 174 Å². The molecule has 3 rings (SSSR count). The van der Waals surface area contributed by atoms with Gasteiger partial charge in [-0.1, -0.05) is 27.7 Å². The van der Waals surface area contributed by atoms with Crippen LogP contribution in [0.5, 0.6) is 17.2 Å². The van der Waals surface area contributed by atoms with Gasteiger partial charge < -0.3 is 25.2 Å². The molecule has 2 aliphatic rings. The summed E-state index contributed by atoms with van der Waals surface area (Å²) in [6.45, 7) is 7.51. The van der Waals surface area contributed by atoms with Crippen LogP contribution in [-0.2, 0) is 19.7 Å². The summed E-state index contributed by atoms with van der Waals surface area (Å²) in [5, 5.41) is 41.8. The number of fused-ring (bicyclic) bond motifs is 3. The average molecular weight is 420 g/mol. The Morgan fingerprint density at radius 2 is 1.73 bits per heavy atom. The smallest absolute Gasteiger partial charge is 0.302 e. The van der Waals surface area contributed by atoms with E-state index >= 15 is 0 Å². The Morgan fingerprint density at radius 1 is 1.13 bits per heavy atom. The number of hydrogen-bond donors (Lipinski definition) is 4. The molecular weight excluding hydrogens is 392 g/mol. The second-order valence-corrected chi connectivity index (χ2v) is 9.30. The van der Waals surface area contributed by atoms with Crippen molar-refractivity contribution in [3.05, 3.63) is 16.7 Å². The number of aromatic hydroxyl groups is 3. The van der Waals surface area contributed by atoms with E-state index in [-0.39, 0.29) is 23.1 Å². The Balaban J connectivity index is 2.31. The minimum Gasteiger partial charge on any atom is -0.507 e. The predicted molar refractivity (Wildman–Crippen MR) is 106 cm³/mol. The fourth-order valence-electron chi connectivity index (χ4n) is 5.58. The van der Waals surface area contributed by atoms with Gasteiger partial charge in [-0.3, -0.25) is 14.4 Å². The minimum absolute atomic E-state index is 0.0235. The number of ether oxygens (including phenoxy) is 1. The molecule has 0 spiro atoms.